The molecule has 3 rings (SSSR count). The molecule has 0 amide bonds. The number of hydrogen-bond acceptors (Lipinski definition) is 5. The average Bonchev–Trinajstić information content (AvgIpc) is 3.05. The minimum absolute atomic E-state index is 0.0181. The smallest absolute Gasteiger partial charge is 0.175 e. The van der Waals surface area contributed by atoms with E-state index in [0.29, 0.717) is 7.91 Å². The Morgan fingerprint density at radius 1 is 0.769 bits per heavy atom. The standard InChI is InChI=1S/C17H20S2.C2H2N2S3/c1-17(2,15-7-3-13(11-18)4-8-15)16-9-5-14(12-19)6-10-16;5-1-3-4-2(6)7-1/h3-10,18-19H,11-12H2,1-2H3;(H,3,5)(H,4,6). The summed E-state index contributed by atoms with van der Waals surface area (Å²) in [6.07, 6.45) is 0. The molecule has 1 aromatic heterocycles. The van der Waals surface area contributed by atoms with Gasteiger partial charge in [-0.3, -0.25) is 10.2 Å². The lowest BCUT2D eigenvalue weighted by molar-refractivity contribution is 0.640. The van der Waals surface area contributed by atoms with Gasteiger partial charge in [-0.25, -0.2) is 0 Å². The van der Waals surface area contributed by atoms with Crippen LogP contribution in [0.2, 0.25) is 0 Å². The zero-order valence-corrected chi connectivity index (χ0v) is 18.9. The van der Waals surface area contributed by atoms with Gasteiger partial charge >= 0.3 is 0 Å². The van der Waals surface area contributed by atoms with Gasteiger partial charge in [-0.15, -0.1) is 0 Å². The lowest BCUT2D eigenvalue weighted by atomic mass is 9.78. The fourth-order valence-corrected chi connectivity index (χ4v) is 4.01. The minimum Gasteiger partial charge on any atom is -0.281 e. The molecule has 2 N–H and O–H groups in total. The normalized spacial score (nSPS) is 10.9. The molecule has 0 aliphatic carbocycles. The van der Waals surface area contributed by atoms with Gasteiger partial charge in [0.2, 0.25) is 0 Å². The summed E-state index contributed by atoms with van der Waals surface area (Å²) < 4.78 is 1.40. The molecule has 26 heavy (non-hydrogen) atoms. The van der Waals surface area contributed by atoms with Crippen LogP contribution < -0.4 is 0 Å². The maximum absolute atomic E-state index is 4.70. The summed E-state index contributed by atoms with van der Waals surface area (Å²) in [5.74, 6) is 1.58. The van der Waals surface area contributed by atoms with Crippen LogP contribution in [0.5, 0.6) is 0 Å². The molecule has 0 spiro atoms. The summed E-state index contributed by atoms with van der Waals surface area (Å²) in [4.78, 5) is 0. The van der Waals surface area contributed by atoms with E-state index in [-0.39, 0.29) is 5.41 Å². The SMILES string of the molecule is CC(C)(c1ccc(CS)cc1)c1ccc(CS)cc1.S=c1[nH][nH]c(=S)s1. The third-order valence-corrected chi connectivity index (χ3v) is 6.18. The average molecular weight is 439 g/mol. The third kappa shape index (κ3) is 5.82. The van der Waals surface area contributed by atoms with Crippen LogP contribution in [0.4, 0.5) is 0 Å². The van der Waals surface area contributed by atoms with Crippen LogP contribution in [-0.4, -0.2) is 10.2 Å². The molecule has 3 aromatic rings. The van der Waals surface area contributed by atoms with Gasteiger partial charge in [0.25, 0.3) is 0 Å². The van der Waals surface area contributed by atoms with Crippen molar-refractivity contribution >= 4 is 61.0 Å². The molecule has 0 fully saturated rings. The van der Waals surface area contributed by atoms with Crippen LogP contribution >= 0.6 is 61.0 Å². The van der Waals surface area contributed by atoms with Gasteiger partial charge in [-0.2, -0.15) is 25.3 Å². The van der Waals surface area contributed by atoms with Gasteiger partial charge < -0.3 is 0 Å². The van der Waals surface area contributed by atoms with Crippen LogP contribution in [0.1, 0.15) is 36.1 Å². The highest BCUT2D eigenvalue weighted by Crippen LogP contribution is 2.31. The first-order valence-electron chi connectivity index (χ1n) is 8.05. The number of rotatable bonds is 4. The van der Waals surface area contributed by atoms with Crippen molar-refractivity contribution in [3.8, 4) is 0 Å². The topological polar surface area (TPSA) is 31.6 Å². The summed E-state index contributed by atoms with van der Waals surface area (Å²) in [5.41, 5.74) is 5.19. The molecule has 2 nitrogen and oxygen atoms in total. The van der Waals surface area contributed by atoms with Gasteiger partial charge in [0.15, 0.2) is 7.91 Å². The number of nitrogens with one attached hydrogen (secondary N) is 2. The van der Waals surface area contributed by atoms with E-state index in [1.807, 2.05) is 0 Å². The molecule has 0 aliphatic rings. The highest BCUT2D eigenvalue weighted by molar-refractivity contribution is 7.79. The molecule has 1 heterocycles. The molecular formula is C19H22N2S5. The van der Waals surface area contributed by atoms with Crippen molar-refractivity contribution in [3.05, 3.63) is 78.7 Å². The zero-order chi connectivity index (χ0) is 19.2. The van der Waals surface area contributed by atoms with E-state index >= 15 is 0 Å². The second kappa shape index (κ2) is 9.90. The van der Waals surface area contributed by atoms with Crippen LogP contribution in [0, 0.1) is 7.91 Å². The Kier molecular flexibility index (Phi) is 8.16. The Balaban J connectivity index is 0.000000290. The van der Waals surface area contributed by atoms with Crippen molar-refractivity contribution < 1.29 is 0 Å². The largest absolute Gasteiger partial charge is 0.281 e. The molecule has 0 saturated carbocycles. The van der Waals surface area contributed by atoms with Crippen LogP contribution in [0.3, 0.4) is 0 Å². The number of hydrogen-bond donors (Lipinski definition) is 4. The first-order chi connectivity index (χ1) is 12.4. The summed E-state index contributed by atoms with van der Waals surface area (Å²) in [5, 5.41) is 5.34. The molecule has 2 aromatic carbocycles. The van der Waals surface area contributed by atoms with Crippen LogP contribution in [0.15, 0.2) is 48.5 Å². The molecule has 7 heteroatoms. The van der Waals surface area contributed by atoms with E-state index in [9.17, 15) is 0 Å². The zero-order valence-electron chi connectivity index (χ0n) is 14.7. The van der Waals surface area contributed by atoms with E-state index < -0.39 is 0 Å². The number of benzene rings is 2. The number of aromatic amines is 2. The number of H-pyrrole nitrogens is 2. The molecule has 0 atom stereocenters. The van der Waals surface area contributed by atoms with E-state index in [2.05, 4.69) is 97.8 Å². The Hall–Kier alpha value is -0.860. The van der Waals surface area contributed by atoms with E-state index in [1.54, 1.807) is 0 Å². The summed E-state index contributed by atoms with van der Waals surface area (Å²) in [6, 6.07) is 17.5. The monoisotopic (exact) mass is 438 g/mol. The summed E-state index contributed by atoms with van der Waals surface area (Å²) >= 11 is 19.4. The van der Waals surface area contributed by atoms with Crippen molar-refractivity contribution in [2.45, 2.75) is 30.8 Å². The predicted octanol–water partition coefficient (Wildman–Crippen LogP) is 6.74. The summed E-state index contributed by atoms with van der Waals surface area (Å²) in [6.45, 7) is 4.52. The van der Waals surface area contributed by atoms with Crippen molar-refractivity contribution in [1.82, 2.24) is 10.2 Å². The fraction of sp³-hybridized carbons (Fsp3) is 0.263. The van der Waals surface area contributed by atoms with E-state index in [4.69, 9.17) is 24.4 Å². The second-order valence-corrected chi connectivity index (χ2v) is 9.25. The molecule has 0 radical (unpaired) electrons. The van der Waals surface area contributed by atoms with Gasteiger partial charge in [-0.05, 0) is 46.7 Å². The van der Waals surface area contributed by atoms with Gasteiger partial charge in [-0.1, -0.05) is 73.7 Å². The molecule has 0 aliphatic heterocycles. The van der Waals surface area contributed by atoms with E-state index in [0.717, 1.165) is 11.5 Å². The highest BCUT2D eigenvalue weighted by Gasteiger charge is 2.22. The van der Waals surface area contributed by atoms with Crippen LogP contribution in [-0.2, 0) is 16.9 Å². The predicted molar refractivity (Wildman–Crippen MR) is 125 cm³/mol. The van der Waals surface area contributed by atoms with Gasteiger partial charge in [0.05, 0.1) is 0 Å². The number of aromatic nitrogens is 2. The Morgan fingerprint density at radius 3 is 1.35 bits per heavy atom. The maximum atomic E-state index is 4.70. The molecule has 0 bridgehead atoms. The lowest BCUT2D eigenvalue weighted by Gasteiger charge is -2.26. The van der Waals surface area contributed by atoms with Crippen LogP contribution in [0.25, 0.3) is 0 Å². The molecular weight excluding hydrogens is 417 g/mol. The molecule has 0 saturated heterocycles. The minimum atomic E-state index is 0.0181. The molecule has 0 unspecified atom stereocenters. The molecule has 138 valence electrons. The Morgan fingerprint density at radius 2 is 1.12 bits per heavy atom. The van der Waals surface area contributed by atoms with Gasteiger partial charge in [0, 0.05) is 16.9 Å². The quantitative estimate of drug-likeness (QED) is 0.269. The highest BCUT2D eigenvalue weighted by atomic mass is 32.2. The number of thiol groups is 2. The second-order valence-electron chi connectivity index (χ2n) is 6.26. The van der Waals surface area contributed by atoms with Crippen molar-refractivity contribution in [1.29, 1.82) is 0 Å². The van der Waals surface area contributed by atoms with E-state index in [1.165, 1.54) is 33.6 Å². The third-order valence-electron chi connectivity index (χ3n) is 4.17. The Bertz CT molecular complexity index is 844. The van der Waals surface area contributed by atoms with Crippen molar-refractivity contribution in [2.75, 3.05) is 0 Å². The fourth-order valence-electron chi connectivity index (χ4n) is 2.46. The van der Waals surface area contributed by atoms with Gasteiger partial charge in [0.1, 0.15) is 0 Å². The Labute approximate surface area is 179 Å². The first kappa shape index (κ1) is 21.4. The van der Waals surface area contributed by atoms with Crippen molar-refractivity contribution in [2.24, 2.45) is 0 Å². The van der Waals surface area contributed by atoms with Crippen molar-refractivity contribution in [3.63, 3.8) is 0 Å². The maximum Gasteiger partial charge on any atom is 0.175 e. The first-order valence-corrected chi connectivity index (χ1v) is 10.9. The summed E-state index contributed by atoms with van der Waals surface area (Å²) in [7, 11) is 0. The lowest BCUT2D eigenvalue weighted by Crippen LogP contribution is -2.18.